The van der Waals surface area contributed by atoms with Crippen LogP contribution in [0.3, 0.4) is 0 Å². The summed E-state index contributed by atoms with van der Waals surface area (Å²) in [6, 6.07) is 0.247. The molecule has 0 aromatic rings. The van der Waals surface area contributed by atoms with E-state index in [4.69, 9.17) is 0 Å². The second-order valence-electron chi connectivity index (χ2n) is 6.31. The molecule has 0 bridgehead atoms. The van der Waals surface area contributed by atoms with Crippen LogP contribution in [0.4, 0.5) is 0 Å². The number of hydrogen-bond donors (Lipinski definition) is 2. The summed E-state index contributed by atoms with van der Waals surface area (Å²) in [5.41, 5.74) is 0. The Kier molecular flexibility index (Phi) is 7.12. The second kappa shape index (κ2) is 9.10. The molecule has 2 amide bonds. The summed E-state index contributed by atoms with van der Waals surface area (Å²) in [6.45, 7) is 3.93. The lowest BCUT2D eigenvalue weighted by atomic mass is 10.0. The van der Waals surface area contributed by atoms with Crippen LogP contribution in [0.2, 0.25) is 0 Å². The van der Waals surface area contributed by atoms with E-state index in [1.807, 2.05) is 0 Å². The van der Waals surface area contributed by atoms with Crippen molar-refractivity contribution in [3.8, 4) is 0 Å². The van der Waals surface area contributed by atoms with Gasteiger partial charge in [-0.3, -0.25) is 14.5 Å². The Morgan fingerprint density at radius 2 is 2.00 bits per heavy atom. The summed E-state index contributed by atoms with van der Waals surface area (Å²) >= 11 is 0. The van der Waals surface area contributed by atoms with Gasteiger partial charge >= 0.3 is 0 Å². The minimum Gasteiger partial charge on any atom is -0.395 e. The highest BCUT2D eigenvalue weighted by molar-refractivity contribution is 5.79. The maximum absolute atomic E-state index is 11.9. The number of aliphatic hydroxyl groups excluding tert-OH is 1. The fourth-order valence-corrected chi connectivity index (χ4v) is 3.32. The van der Waals surface area contributed by atoms with Gasteiger partial charge in [0.05, 0.1) is 6.61 Å². The van der Waals surface area contributed by atoms with Gasteiger partial charge in [-0.05, 0) is 32.2 Å². The normalized spacial score (nSPS) is 23.6. The van der Waals surface area contributed by atoms with Gasteiger partial charge in [0.2, 0.25) is 11.8 Å². The first-order valence-electron chi connectivity index (χ1n) is 8.60. The number of carbonyl (C=O) groups is 2. The van der Waals surface area contributed by atoms with E-state index in [2.05, 4.69) is 10.2 Å². The van der Waals surface area contributed by atoms with E-state index in [1.165, 1.54) is 12.8 Å². The minimum atomic E-state index is 0.0101. The third-order valence-electron chi connectivity index (χ3n) is 4.71. The van der Waals surface area contributed by atoms with Crippen LogP contribution in [0.5, 0.6) is 0 Å². The number of piperidine rings is 2. The molecule has 2 saturated heterocycles. The predicted molar refractivity (Wildman–Crippen MR) is 84.4 cm³/mol. The Morgan fingerprint density at radius 3 is 2.77 bits per heavy atom. The maximum Gasteiger partial charge on any atom is 0.222 e. The standard InChI is InChI=1S/C16H29N3O3/c20-13-14-5-1-3-9-18(14)12-8-17-15(21)7-11-19-10-4-2-6-16(19)22/h14,20H,1-13H2,(H,17,21)/t14-/m1/s1. The predicted octanol–water partition coefficient (Wildman–Crippen LogP) is 0.352. The number of nitrogens with one attached hydrogen (secondary N) is 1. The van der Waals surface area contributed by atoms with Gasteiger partial charge in [-0.1, -0.05) is 6.42 Å². The van der Waals surface area contributed by atoms with Crippen molar-refractivity contribution in [3.63, 3.8) is 0 Å². The number of carbonyl (C=O) groups excluding carboxylic acids is 2. The molecular weight excluding hydrogens is 282 g/mol. The lowest BCUT2D eigenvalue weighted by Crippen LogP contribution is -2.45. The smallest absolute Gasteiger partial charge is 0.222 e. The molecular formula is C16H29N3O3. The van der Waals surface area contributed by atoms with Gasteiger partial charge in [0, 0.05) is 45.1 Å². The van der Waals surface area contributed by atoms with E-state index >= 15 is 0 Å². The number of rotatable bonds is 7. The number of likely N-dealkylation sites (tertiary alicyclic amines) is 2. The van der Waals surface area contributed by atoms with E-state index in [0.717, 1.165) is 38.9 Å². The fourth-order valence-electron chi connectivity index (χ4n) is 3.32. The van der Waals surface area contributed by atoms with Gasteiger partial charge in [0.15, 0.2) is 0 Å². The summed E-state index contributed by atoms with van der Waals surface area (Å²) < 4.78 is 0. The zero-order valence-corrected chi connectivity index (χ0v) is 13.4. The van der Waals surface area contributed by atoms with Crippen molar-refractivity contribution in [2.45, 2.75) is 51.0 Å². The minimum absolute atomic E-state index is 0.0101. The highest BCUT2D eigenvalue weighted by Gasteiger charge is 2.21. The highest BCUT2D eigenvalue weighted by Crippen LogP contribution is 2.15. The maximum atomic E-state index is 11.9. The summed E-state index contributed by atoms with van der Waals surface area (Å²) in [4.78, 5) is 27.6. The van der Waals surface area contributed by atoms with Gasteiger partial charge in [0.25, 0.3) is 0 Å². The Labute approximate surface area is 132 Å². The number of hydrogen-bond acceptors (Lipinski definition) is 4. The third kappa shape index (κ3) is 5.25. The monoisotopic (exact) mass is 311 g/mol. The average Bonchev–Trinajstić information content (AvgIpc) is 2.54. The Hall–Kier alpha value is -1.14. The molecule has 0 spiro atoms. The van der Waals surface area contributed by atoms with Gasteiger partial charge in [-0.15, -0.1) is 0 Å². The number of aliphatic hydroxyl groups is 1. The molecule has 6 nitrogen and oxygen atoms in total. The summed E-state index contributed by atoms with van der Waals surface area (Å²) in [7, 11) is 0. The zero-order valence-electron chi connectivity index (χ0n) is 13.4. The van der Waals surface area contributed by atoms with Gasteiger partial charge in [-0.25, -0.2) is 0 Å². The van der Waals surface area contributed by atoms with Crippen molar-refractivity contribution in [1.29, 1.82) is 0 Å². The third-order valence-corrected chi connectivity index (χ3v) is 4.71. The van der Waals surface area contributed by atoms with Crippen LogP contribution in [0.1, 0.15) is 44.9 Å². The van der Waals surface area contributed by atoms with E-state index in [9.17, 15) is 14.7 Å². The molecule has 0 saturated carbocycles. The van der Waals surface area contributed by atoms with Crippen LogP contribution in [0.25, 0.3) is 0 Å². The van der Waals surface area contributed by atoms with Crippen LogP contribution in [0.15, 0.2) is 0 Å². The largest absolute Gasteiger partial charge is 0.395 e. The van der Waals surface area contributed by atoms with Gasteiger partial charge in [-0.2, -0.15) is 0 Å². The zero-order chi connectivity index (χ0) is 15.8. The first kappa shape index (κ1) is 17.2. The first-order chi connectivity index (χ1) is 10.7. The molecule has 2 fully saturated rings. The Bertz CT molecular complexity index is 376. The van der Waals surface area contributed by atoms with Crippen molar-refractivity contribution in [2.75, 3.05) is 39.3 Å². The van der Waals surface area contributed by atoms with E-state index < -0.39 is 0 Å². The topological polar surface area (TPSA) is 72.9 Å². The lowest BCUT2D eigenvalue weighted by molar-refractivity contribution is -0.133. The van der Waals surface area contributed by atoms with Crippen molar-refractivity contribution >= 4 is 11.8 Å². The van der Waals surface area contributed by atoms with E-state index in [1.54, 1.807) is 4.90 Å². The summed E-state index contributed by atoms with van der Waals surface area (Å²) in [5, 5.41) is 12.3. The molecule has 2 rings (SSSR count). The SMILES string of the molecule is O=C(CCN1CCCCC1=O)NCCN1CCCC[C@@H]1CO. The van der Waals surface area contributed by atoms with Crippen molar-refractivity contribution in [1.82, 2.24) is 15.1 Å². The molecule has 2 heterocycles. The first-order valence-corrected chi connectivity index (χ1v) is 8.60. The molecule has 0 aliphatic carbocycles. The fraction of sp³-hybridized carbons (Fsp3) is 0.875. The molecule has 6 heteroatoms. The molecule has 2 aliphatic heterocycles. The van der Waals surface area contributed by atoms with Crippen LogP contribution < -0.4 is 5.32 Å². The van der Waals surface area contributed by atoms with Crippen LogP contribution in [0, 0.1) is 0 Å². The number of nitrogens with zero attached hydrogens (tertiary/aromatic N) is 2. The quantitative estimate of drug-likeness (QED) is 0.712. The molecule has 22 heavy (non-hydrogen) atoms. The van der Waals surface area contributed by atoms with E-state index in [0.29, 0.717) is 25.9 Å². The molecule has 126 valence electrons. The van der Waals surface area contributed by atoms with Gasteiger partial charge in [0.1, 0.15) is 0 Å². The van der Waals surface area contributed by atoms with Crippen molar-refractivity contribution < 1.29 is 14.7 Å². The van der Waals surface area contributed by atoms with Crippen LogP contribution in [-0.4, -0.2) is 72.1 Å². The van der Waals surface area contributed by atoms with Crippen molar-refractivity contribution in [2.24, 2.45) is 0 Å². The van der Waals surface area contributed by atoms with E-state index in [-0.39, 0.29) is 24.5 Å². The second-order valence-corrected chi connectivity index (χ2v) is 6.31. The molecule has 2 aliphatic rings. The molecule has 0 aromatic carbocycles. The van der Waals surface area contributed by atoms with Crippen LogP contribution >= 0.6 is 0 Å². The lowest BCUT2D eigenvalue weighted by Gasteiger charge is -2.34. The molecule has 0 aromatic heterocycles. The Balaban J connectivity index is 1.60. The molecule has 2 N–H and O–H groups in total. The summed E-state index contributed by atoms with van der Waals surface area (Å²) in [6.07, 6.45) is 6.42. The number of amides is 2. The average molecular weight is 311 g/mol. The van der Waals surface area contributed by atoms with Crippen molar-refractivity contribution in [3.05, 3.63) is 0 Å². The molecule has 0 unspecified atom stereocenters. The van der Waals surface area contributed by atoms with Crippen LogP contribution in [-0.2, 0) is 9.59 Å². The summed E-state index contributed by atoms with van der Waals surface area (Å²) in [5.74, 6) is 0.189. The Morgan fingerprint density at radius 1 is 1.18 bits per heavy atom. The van der Waals surface area contributed by atoms with Gasteiger partial charge < -0.3 is 15.3 Å². The molecule has 0 radical (unpaired) electrons. The highest BCUT2D eigenvalue weighted by atomic mass is 16.3. The molecule has 1 atom stereocenters.